The number of nitrogens with one attached hydrogen (secondary N) is 1. The van der Waals surface area contributed by atoms with E-state index in [1.54, 1.807) is 0 Å². The molecule has 1 saturated carbocycles. The van der Waals surface area contributed by atoms with Gasteiger partial charge in [-0.25, -0.2) is 0 Å². The van der Waals surface area contributed by atoms with Crippen molar-refractivity contribution < 1.29 is 4.74 Å². The molecule has 1 aliphatic heterocycles. The molecule has 0 bridgehead atoms. The van der Waals surface area contributed by atoms with Crippen molar-refractivity contribution in [3.8, 4) is 0 Å². The highest BCUT2D eigenvalue weighted by atomic mass is 32.1. The van der Waals surface area contributed by atoms with E-state index in [9.17, 15) is 0 Å². The van der Waals surface area contributed by atoms with Gasteiger partial charge in [-0.1, -0.05) is 25.8 Å². The summed E-state index contributed by atoms with van der Waals surface area (Å²) in [6.45, 7) is 4.37. The predicted molar refractivity (Wildman–Crippen MR) is 71.4 cm³/mol. The van der Waals surface area contributed by atoms with Crippen LogP contribution in [0.25, 0.3) is 0 Å². The monoisotopic (exact) mass is 251 g/mol. The van der Waals surface area contributed by atoms with Crippen molar-refractivity contribution in [3.05, 3.63) is 22.4 Å². The number of morpholine rings is 1. The third-order valence-electron chi connectivity index (χ3n) is 4.08. The van der Waals surface area contributed by atoms with Crippen LogP contribution in [0, 0.1) is 5.92 Å². The molecule has 3 rings (SSSR count). The average Bonchev–Trinajstić information content (AvgIpc) is 2.82. The van der Waals surface area contributed by atoms with E-state index in [2.05, 4.69) is 29.8 Å². The topological polar surface area (TPSA) is 21.3 Å². The number of hydrogen-bond acceptors (Lipinski definition) is 3. The van der Waals surface area contributed by atoms with Gasteiger partial charge in [-0.15, -0.1) is 11.3 Å². The summed E-state index contributed by atoms with van der Waals surface area (Å²) >= 11 is 1.81. The van der Waals surface area contributed by atoms with Gasteiger partial charge in [0.25, 0.3) is 0 Å². The van der Waals surface area contributed by atoms with E-state index in [0.717, 1.165) is 19.0 Å². The van der Waals surface area contributed by atoms with Crippen molar-refractivity contribution in [1.29, 1.82) is 0 Å². The van der Waals surface area contributed by atoms with Gasteiger partial charge < -0.3 is 10.1 Å². The molecule has 3 unspecified atom stereocenters. The summed E-state index contributed by atoms with van der Waals surface area (Å²) in [4.78, 5) is 1.37. The molecule has 17 heavy (non-hydrogen) atoms. The van der Waals surface area contributed by atoms with Crippen molar-refractivity contribution in [2.45, 2.75) is 44.3 Å². The van der Waals surface area contributed by atoms with Crippen LogP contribution in [0.15, 0.2) is 17.5 Å². The first-order valence-electron chi connectivity index (χ1n) is 6.69. The van der Waals surface area contributed by atoms with Crippen molar-refractivity contribution in [2.75, 3.05) is 13.1 Å². The van der Waals surface area contributed by atoms with Gasteiger partial charge in [0.2, 0.25) is 0 Å². The first-order valence-corrected chi connectivity index (χ1v) is 7.57. The lowest BCUT2D eigenvalue weighted by molar-refractivity contribution is -0.142. The molecule has 1 N–H and O–H groups in total. The third kappa shape index (κ3) is 2.42. The van der Waals surface area contributed by atoms with E-state index in [1.165, 1.54) is 30.6 Å². The molecule has 1 aromatic heterocycles. The van der Waals surface area contributed by atoms with Gasteiger partial charge in [0.05, 0.1) is 5.60 Å². The van der Waals surface area contributed by atoms with Crippen LogP contribution in [0.3, 0.4) is 0 Å². The van der Waals surface area contributed by atoms with Gasteiger partial charge in [-0.3, -0.25) is 0 Å². The van der Waals surface area contributed by atoms with E-state index in [-0.39, 0.29) is 11.7 Å². The fourth-order valence-electron chi connectivity index (χ4n) is 3.33. The molecule has 2 aliphatic rings. The van der Waals surface area contributed by atoms with E-state index >= 15 is 0 Å². The molecular formula is C14H21NOS. The van der Waals surface area contributed by atoms with Crippen molar-refractivity contribution in [3.63, 3.8) is 0 Å². The summed E-state index contributed by atoms with van der Waals surface area (Å²) in [5.41, 5.74) is 0.116. The smallest absolute Gasteiger partial charge is 0.105 e. The molecule has 2 heterocycles. The SMILES string of the molecule is CC1CCCC2(CNCC(c3cccs3)O2)C1. The molecule has 3 heteroatoms. The minimum atomic E-state index is 0.116. The molecule has 3 atom stereocenters. The lowest BCUT2D eigenvalue weighted by Gasteiger charge is -2.45. The first-order chi connectivity index (χ1) is 8.27. The van der Waals surface area contributed by atoms with Crippen LogP contribution in [-0.4, -0.2) is 18.7 Å². The van der Waals surface area contributed by atoms with E-state index in [1.807, 2.05) is 11.3 Å². The fourth-order valence-corrected chi connectivity index (χ4v) is 4.08. The summed E-state index contributed by atoms with van der Waals surface area (Å²) in [5.74, 6) is 0.813. The Morgan fingerprint density at radius 3 is 3.24 bits per heavy atom. The summed E-state index contributed by atoms with van der Waals surface area (Å²) in [6.07, 6.45) is 5.41. The van der Waals surface area contributed by atoms with Crippen molar-refractivity contribution in [1.82, 2.24) is 5.32 Å². The van der Waals surface area contributed by atoms with Gasteiger partial charge in [-0.05, 0) is 30.2 Å². The fraction of sp³-hybridized carbons (Fsp3) is 0.714. The molecule has 94 valence electrons. The van der Waals surface area contributed by atoms with Crippen LogP contribution in [0.4, 0.5) is 0 Å². The highest BCUT2D eigenvalue weighted by molar-refractivity contribution is 7.10. The van der Waals surface area contributed by atoms with Gasteiger partial charge in [0, 0.05) is 18.0 Å². The van der Waals surface area contributed by atoms with Gasteiger partial charge in [0.15, 0.2) is 0 Å². The first kappa shape index (κ1) is 11.7. The second kappa shape index (κ2) is 4.71. The standard InChI is InChI=1S/C14H21NOS/c1-11-4-2-6-14(8-11)10-15-9-12(16-14)13-5-3-7-17-13/h3,5,7,11-12,15H,2,4,6,8-10H2,1H3. The lowest BCUT2D eigenvalue weighted by atomic mass is 9.78. The van der Waals surface area contributed by atoms with E-state index in [4.69, 9.17) is 4.74 Å². The predicted octanol–water partition coefficient (Wildman–Crippen LogP) is 3.36. The Bertz CT molecular complexity index is 360. The molecule has 1 saturated heterocycles. The molecule has 0 amide bonds. The number of rotatable bonds is 1. The molecule has 1 spiro atoms. The Kier molecular flexibility index (Phi) is 3.24. The Balaban J connectivity index is 1.74. The Hall–Kier alpha value is -0.380. The summed E-state index contributed by atoms with van der Waals surface area (Å²) in [5, 5.41) is 5.73. The molecule has 1 aromatic rings. The highest BCUT2D eigenvalue weighted by Crippen LogP contribution is 2.40. The average molecular weight is 251 g/mol. The quantitative estimate of drug-likeness (QED) is 0.826. The number of ether oxygens (including phenoxy) is 1. The maximum Gasteiger partial charge on any atom is 0.105 e. The summed E-state index contributed by atoms with van der Waals surface area (Å²) < 4.78 is 6.48. The van der Waals surface area contributed by atoms with Crippen LogP contribution in [0.2, 0.25) is 0 Å². The zero-order valence-electron chi connectivity index (χ0n) is 10.4. The Morgan fingerprint density at radius 2 is 2.47 bits per heavy atom. The Morgan fingerprint density at radius 1 is 1.53 bits per heavy atom. The van der Waals surface area contributed by atoms with Crippen LogP contribution < -0.4 is 5.32 Å². The van der Waals surface area contributed by atoms with Crippen LogP contribution in [0.1, 0.15) is 43.6 Å². The largest absolute Gasteiger partial charge is 0.364 e. The van der Waals surface area contributed by atoms with Crippen molar-refractivity contribution >= 4 is 11.3 Å². The normalized spacial score (nSPS) is 38.4. The number of hydrogen-bond donors (Lipinski definition) is 1. The Labute approximate surface area is 107 Å². The molecule has 0 radical (unpaired) electrons. The summed E-state index contributed by atoms with van der Waals surface area (Å²) in [6, 6.07) is 4.32. The van der Waals surface area contributed by atoms with Crippen molar-refractivity contribution in [2.24, 2.45) is 5.92 Å². The number of thiophene rings is 1. The molecule has 0 aromatic carbocycles. The summed E-state index contributed by atoms with van der Waals surface area (Å²) in [7, 11) is 0. The van der Waals surface area contributed by atoms with E-state index in [0.29, 0.717) is 0 Å². The second-order valence-corrected chi connectivity index (χ2v) is 6.62. The minimum absolute atomic E-state index is 0.116. The van der Waals surface area contributed by atoms with Gasteiger partial charge in [-0.2, -0.15) is 0 Å². The third-order valence-corrected chi connectivity index (χ3v) is 5.04. The van der Waals surface area contributed by atoms with E-state index < -0.39 is 0 Å². The molecule has 2 nitrogen and oxygen atoms in total. The highest BCUT2D eigenvalue weighted by Gasteiger charge is 2.40. The minimum Gasteiger partial charge on any atom is -0.364 e. The zero-order chi connectivity index (χ0) is 11.7. The maximum absolute atomic E-state index is 6.48. The maximum atomic E-state index is 6.48. The second-order valence-electron chi connectivity index (χ2n) is 5.64. The van der Waals surface area contributed by atoms with Gasteiger partial charge in [0.1, 0.15) is 6.10 Å². The van der Waals surface area contributed by atoms with Crippen LogP contribution in [0.5, 0.6) is 0 Å². The van der Waals surface area contributed by atoms with Crippen LogP contribution >= 0.6 is 11.3 Å². The molecule has 2 fully saturated rings. The zero-order valence-corrected chi connectivity index (χ0v) is 11.3. The molecular weight excluding hydrogens is 230 g/mol. The van der Waals surface area contributed by atoms with Gasteiger partial charge >= 0.3 is 0 Å². The lowest BCUT2D eigenvalue weighted by Crippen LogP contribution is -2.52. The molecule has 1 aliphatic carbocycles. The van der Waals surface area contributed by atoms with Crippen LogP contribution in [-0.2, 0) is 4.74 Å².